The summed E-state index contributed by atoms with van der Waals surface area (Å²) in [5.41, 5.74) is 3.27. The molecule has 3 rings (SSSR count). The van der Waals surface area contributed by atoms with Gasteiger partial charge in [0.25, 0.3) is 5.91 Å². The van der Waals surface area contributed by atoms with Crippen molar-refractivity contribution in [1.29, 1.82) is 0 Å². The third-order valence-corrected chi connectivity index (χ3v) is 4.06. The predicted octanol–water partition coefficient (Wildman–Crippen LogP) is 2.42. The summed E-state index contributed by atoms with van der Waals surface area (Å²) in [4.78, 5) is 14.1. The summed E-state index contributed by atoms with van der Waals surface area (Å²) >= 11 is 0. The number of carbonyl (C=O) groups excluding carboxylic acids is 1. The van der Waals surface area contributed by atoms with Gasteiger partial charge in [0, 0.05) is 12.7 Å². The highest BCUT2D eigenvalue weighted by Crippen LogP contribution is 2.10. The molecular formula is C19H23N5O2. The number of amides is 1. The number of hydrogen-bond donors (Lipinski definition) is 1. The van der Waals surface area contributed by atoms with Gasteiger partial charge in [0.15, 0.2) is 0 Å². The molecule has 0 bridgehead atoms. The Morgan fingerprint density at radius 1 is 1.23 bits per heavy atom. The first-order valence-corrected chi connectivity index (χ1v) is 8.51. The van der Waals surface area contributed by atoms with Crippen LogP contribution in [-0.4, -0.2) is 51.0 Å². The summed E-state index contributed by atoms with van der Waals surface area (Å²) in [7, 11) is 1.74. The number of hydrogen-bond acceptors (Lipinski definition) is 4. The van der Waals surface area contributed by atoms with Crippen LogP contribution < -0.4 is 4.74 Å². The molecule has 0 saturated heterocycles. The fraction of sp³-hybridized carbons (Fsp3) is 0.316. The lowest BCUT2D eigenvalue weighted by atomic mass is 10.3. The molecule has 0 aliphatic rings. The van der Waals surface area contributed by atoms with Gasteiger partial charge < -0.3 is 9.64 Å². The summed E-state index contributed by atoms with van der Waals surface area (Å²) in [6.45, 7) is 5.42. The summed E-state index contributed by atoms with van der Waals surface area (Å²) in [6, 6.07) is 13.3. The third-order valence-electron chi connectivity index (χ3n) is 4.06. The van der Waals surface area contributed by atoms with Crippen molar-refractivity contribution in [2.45, 2.75) is 20.4 Å². The molecule has 2 heterocycles. The van der Waals surface area contributed by atoms with Gasteiger partial charge in [0.1, 0.15) is 18.1 Å². The van der Waals surface area contributed by atoms with Gasteiger partial charge in [-0.1, -0.05) is 18.2 Å². The zero-order chi connectivity index (χ0) is 18.5. The first-order chi connectivity index (χ1) is 12.5. The molecule has 1 N–H and O–H groups in total. The van der Waals surface area contributed by atoms with Crippen LogP contribution in [0, 0.1) is 13.8 Å². The number of para-hydroxylation sites is 1. The van der Waals surface area contributed by atoms with Crippen molar-refractivity contribution in [3.63, 3.8) is 0 Å². The number of ether oxygens (including phenoxy) is 1. The molecule has 7 nitrogen and oxygen atoms in total. The minimum atomic E-state index is -0.141. The second-order valence-electron chi connectivity index (χ2n) is 6.25. The van der Waals surface area contributed by atoms with Gasteiger partial charge in [-0.2, -0.15) is 10.2 Å². The Morgan fingerprint density at radius 2 is 2.00 bits per heavy atom. The highest BCUT2D eigenvalue weighted by molar-refractivity contribution is 5.92. The molecule has 0 radical (unpaired) electrons. The van der Waals surface area contributed by atoms with Crippen LogP contribution in [0.25, 0.3) is 0 Å². The lowest BCUT2D eigenvalue weighted by Gasteiger charge is -2.16. The monoisotopic (exact) mass is 353 g/mol. The van der Waals surface area contributed by atoms with E-state index >= 15 is 0 Å². The van der Waals surface area contributed by atoms with E-state index in [1.54, 1.807) is 18.0 Å². The summed E-state index contributed by atoms with van der Waals surface area (Å²) in [5.74, 6) is 0.651. The van der Waals surface area contributed by atoms with Gasteiger partial charge in [-0.05, 0) is 38.1 Å². The molecule has 0 saturated carbocycles. The van der Waals surface area contributed by atoms with Gasteiger partial charge in [0.05, 0.1) is 24.5 Å². The fourth-order valence-electron chi connectivity index (χ4n) is 2.66. The number of H-pyrrole nitrogens is 1. The van der Waals surface area contributed by atoms with E-state index in [2.05, 4.69) is 15.3 Å². The molecule has 0 fully saturated rings. The van der Waals surface area contributed by atoms with E-state index in [9.17, 15) is 4.79 Å². The second-order valence-corrected chi connectivity index (χ2v) is 6.25. The molecule has 3 aromatic rings. The Hall–Kier alpha value is -3.09. The quantitative estimate of drug-likeness (QED) is 0.708. The topological polar surface area (TPSA) is 76.0 Å². The Bertz CT molecular complexity index is 869. The number of aryl methyl sites for hydroxylation is 2. The summed E-state index contributed by atoms with van der Waals surface area (Å²) in [5, 5.41) is 11.5. The molecule has 7 heteroatoms. The van der Waals surface area contributed by atoms with Crippen LogP contribution in [0.4, 0.5) is 0 Å². The summed E-state index contributed by atoms with van der Waals surface area (Å²) < 4.78 is 7.51. The maximum atomic E-state index is 12.5. The van der Waals surface area contributed by atoms with E-state index in [-0.39, 0.29) is 5.91 Å². The Labute approximate surface area is 152 Å². The number of likely N-dealkylation sites (N-methyl/N-ethyl adjacent to an activating group) is 1. The molecule has 2 aromatic heterocycles. The Balaban J connectivity index is 1.54. The van der Waals surface area contributed by atoms with Crippen molar-refractivity contribution in [2.24, 2.45) is 0 Å². The van der Waals surface area contributed by atoms with E-state index in [0.717, 1.165) is 22.8 Å². The van der Waals surface area contributed by atoms with Gasteiger partial charge >= 0.3 is 0 Å². The van der Waals surface area contributed by atoms with Crippen LogP contribution in [-0.2, 0) is 6.54 Å². The van der Waals surface area contributed by atoms with Crippen LogP contribution in [0.5, 0.6) is 5.75 Å². The van der Waals surface area contributed by atoms with E-state index in [4.69, 9.17) is 4.74 Å². The lowest BCUT2D eigenvalue weighted by Crippen LogP contribution is -2.31. The first kappa shape index (κ1) is 17.7. The molecule has 0 spiro atoms. The predicted molar refractivity (Wildman–Crippen MR) is 98.3 cm³/mol. The number of benzene rings is 1. The van der Waals surface area contributed by atoms with Crippen molar-refractivity contribution in [3.8, 4) is 5.75 Å². The van der Waals surface area contributed by atoms with E-state index in [0.29, 0.717) is 25.4 Å². The van der Waals surface area contributed by atoms with E-state index in [1.165, 1.54) is 0 Å². The average Bonchev–Trinajstić information content (AvgIpc) is 3.21. The Morgan fingerprint density at radius 3 is 2.69 bits per heavy atom. The smallest absolute Gasteiger partial charge is 0.274 e. The molecule has 0 atom stereocenters. The number of aromatic amines is 1. The molecule has 26 heavy (non-hydrogen) atoms. The van der Waals surface area contributed by atoms with Crippen LogP contribution in [0.1, 0.15) is 27.6 Å². The van der Waals surface area contributed by atoms with E-state index in [1.807, 2.05) is 54.9 Å². The van der Waals surface area contributed by atoms with Gasteiger partial charge in [-0.3, -0.25) is 14.6 Å². The lowest BCUT2D eigenvalue weighted by molar-refractivity contribution is 0.0768. The minimum absolute atomic E-state index is 0.141. The van der Waals surface area contributed by atoms with Crippen molar-refractivity contribution in [3.05, 3.63) is 65.2 Å². The maximum Gasteiger partial charge on any atom is 0.274 e. The highest BCUT2D eigenvalue weighted by Gasteiger charge is 2.16. The van der Waals surface area contributed by atoms with Gasteiger partial charge in [0.2, 0.25) is 0 Å². The third kappa shape index (κ3) is 4.30. The normalized spacial score (nSPS) is 10.7. The highest BCUT2D eigenvalue weighted by atomic mass is 16.5. The standard InChI is InChI=1S/C19H23N5O2/c1-14-11-15(2)24(22-14)13-16-12-18(21-20-16)19(25)23(3)9-10-26-17-7-5-4-6-8-17/h4-8,11-12H,9-10,13H2,1-3H3,(H,20,21). The number of aromatic nitrogens is 4. The Kier molecular flexibility index (Phi) is 5.36. The maximum absolute atomic E-state index is 12.5. The number of nitrogens with zero attached hydrogens (tertiary/aromatic N) is 4. The van der Waals surface area contributed by atoms with Crippen molar-refractivity contribution in [1.82, 2.24) is 24.9 Å². The largest absolute Gasteiger partial charge is 0.492 e. The fourth-order valence-corrected chi connectivity index (χ4v) is 2.66. The number of carbonyl (C=O) groups is 1. The number of rotatable bonds is 7. The zero-order valence-electron chi connectivity index (χ0n) is 15.3. The van der Waals surface area contributed by atoms with Crippen LogP contribution in [0.15, 0.2) is 42.5 Å². The molecule has 0 unspecified atom stereocenters. The minimum Gasteiger partial charge on any atom is -0.492 e. The first-order valence-electron chi connectivity index (χ1n) is 8.51. The van der Waals surface area contributed by atoms with Gasteiger partial charge in [-0.25, -0.2) is 0 Å². The van der Waals surface area contributed by atoms with Crippen LogP contribution in [0.3, 0.4) is 0 Å². The second kappa shape index (κ2) is 7.86. The molecule has 1 amide bonds. The van der Waals surface area contributed by atoms with Crippen molar-refractivity contribution in [2.75, 3.05) is 20.2 Å². The number of nitrogens with one attached hydrogen (secondary N) is 1. The zero-order valence-corrected chi connectivity index (χ0v) is 15.3. The SMILES string of the molecule is Cc1cc(C)n(Cc2cc(C(=O)N(C)CCOc3ccccc3)n[nH]2)n1. The molecule has 136 valence electrons. The molecule has 0 aliphatic carbocycles. The van der Waals surface area contributed by atoms with Crippen LogP contribution >= 0.6 is 0 Å². The van der Waals surface area contributed by atoms with E-state index < -0.39 is 0 Å². The summed E-state index contributed by atoms with van der Waals surface area (Å²) in [6.07, 6.45) is 0. The average molecular weight is 353 g/mol. The van der Waals surface area contributed by atoms with Crippen molar-refractivity contribution < 1.29 is 9.53 Å². The van der Waals surface area contributed by atoms with Crippen LogP contribution in [0.2, 0.25) is 0 Å². The van der Waals surface area contributed by atoms with Crippen molar-refractivity contribution >= 4 is 5.91 Å². The van der Waals surface area contributed by atoms with Gasteiger partial charge in [-0.15, -0.1) is 0 Å². The molecule has 1 aromatic carbocycles. The molecule has 0 aliphatic heterocycles. The molecular weight excluding hydrogens is 330 g/mol.